The second-order valence-corrected chi connectivity index (χ2v) is 9.71. The smallest absolute Gasteiger partial charge is 0.316 e. The van der Waals surface area contributed by atoms with Crippen molar-refractivity contribution in [1.82, 2.24) is 20.2 Å². The lowest BCUT2D eigenvalue weighted by Gasteiger charge is -2.36. The number of carbonyl (C=O) groups is 1. The number of tetrazole rings is 1. The first-order chi connectivity index (χ1) is 13.8. The van der Waals surface area contributed by atoms with Crippen LogP contribution in [0.2, 0.25) is 0 Å². The summed E-state index contributed by atoms with van der Waals surface area (Å²) in [4.78, 5) is 12.5. The first-order valence-electron chi connectivity index (χ1n) is 10.6. The minimum Gasteiger partial charge on any atom is -0.461 e. The number of ether oxygens (including phenoxy) is 1. The molecule has 7 heteroatoms. The van der Waals surface area contributed by atoms with Crippen LogP contribution in [0, 0.1) is 17.8 Å². The standard InChI is InChI=1S/C22H32N4O2S/c1-14(2)17-7-9-18(10-8-17)26-22(23-24-25-26)29-13-21(27)28-20-12-16(5)6-11-19(20)15(3)4/h7-10,14-16,19-20H,6,11-13H2,1-5H3/t16-,19+,20-/m1/s1. The number of rotatable bonds is 7. The van der Waals surface area contributed by atoms with Crippen LogP contribution < -0.4 is 0 Å². The average Bonchev–Trinajstić information content (AvgIpc) is 3.15. The molecule has 0 bridgehead atoms. The maximum Gasteiger partial charge on any atom is 0.316 e. The molecule has 1 saturated carbocycles. The van der Waals surface area contributed by atoms with Gasteiger partial charge in [0.2, 0.25) is 5.16 Å². The van der Waals surface area contributed by atoms with E-state index in [1.807, 2.05) is 12.1 Å². The highest BCUT2D eigenvalue weighted by Crippen LogP contribution is 2.35. The molecule has 0 amide bonds. The Kier molecular flexibility index (Phi) is 7.33. The van der Waals surface area contributed by atoms with E-state index in [2.05, 4.69) is 62.3 Å². The van der Waals surface area contributed by atoms with E-state index in [0.717, 1.165) is 18.5 Å². The second kappa shape index (κ2) is 9.74. The third-order valence-corrected chi connectivity index (χ3v) is 6.70. The molecule has 1 aromatic carbocycles. The molecule has 1 aliphatic carbocycles. The predicted octanol–water partition coefficient (Wildman–Crippen LogP) is 4.88. The molecule has 1 heterocycles. The molecule has 1 aliphatic rings. The second-order valence-electron chi connectivity index (χ2n) is 8.76. The number of esters is 1. The summed E-state index contributed by atoms with van der Waals surface area (Å²) in [5.41, 5.74) is 2.15. The average molecular weight is 417 g/mol. The van der Waals surface area contributed by atoms with Crippen molar-refractivity contribution in [1.29, 1.82) is 0 Å². The lowest BCUT2D eigenvalue weighted by atomic mass is 9.75. The van der Waals surface area contributed by atoms with Crippen LogP contribution >= 0.6 is 11.8 Å². The predicted molar refractivity (Wildman–Crippen MR) is 115 cm³/mol. The fourth-order valence-corrected chi connectivity index (χ4v) is 4.68. The Morgan fingerprint density at radius 1 is 1.21 bits per heavy atom. The van der Waals surface area contributed by atoms with E-state index in [9.17, 15) is 4.79 Å². The third kappa shape index (κ3) is 5.59. The van der Waals surface area contributed by atoms with Crippen LogP contribution in [0.4, 0.5) is 0 Å². The Hall–Kier alpha value is -1.89. The molecular formula is C22H32N4O2S. The van der Waals surface area contributed by atoms with Crippen molar-refractivity contribution < 1.29 is 9.53 Å². The monoisotopic (exact) mass is 416 g/mol. The number of benzene rings is 1. The normalized spacial score (nSPS) is 22.2. The highest BCUT2D eigenvalue weighted by molar-refractivity contribution is 7.99. The first kappa shape index (κ1) is 21.8. The molecule has 6 nitrogen and oxygen atoms in total. The fraction of sp³-hybridized carbons (Fsp3) is 0.636. The van der Waals surface area contributed by atoms with E-state index in [-0.39, 0.29) is 17.8 Å². The number of thioether (sulfide) groups is 1. The molecule has 0 saturated heterocycles. The van der Waals surface area contributed by atoms with Crippen molar-refractivity contribution in [3.8, 4) is 5.69 Å². The quantitative estimate of drug-likeness (QED) is 0.473. The summed E-state index contributed by atoms with van der Waals surface area (Å²) in [5.74, 6) is 2.07. The zero-order valence-corrected chi connectivity index (χ0v) is 18.9. The molecule has 2 aromatic rings. The van der Waals surface area contributed by atoms with Crippen molar-refractivity contribution in [2.75, 3.05) is 5.75 Å². The van der Waals surface area contributed by atoms with E-state index >= 15 is 0 Å². The Morgan fingerprint density at radius 2 is 1.93 bits per heavy atom. The van der Waals surface area contributed by atoms with Gasteiger partial charge in [-0.25, -0.2) is 0 Å². The number of aromatic nitrogens is 4. The summed E-state index contributed by atoms with van der Waals surface area (Å²) in [6.07, 6.45) is 3.33. The van der Waals surface area contributed by atoms with Gasteiger partial charge in [0.25, 0.3) is 0 Å². The van der Waals surface area contributed by atoms with Gasteiger partial charge in [0.05, 0.1) is 11.4 Å². The van der Waals surface area contributed by atoms with Gasteiger partial charge in [-0.15, -0.1) is 5.10 Å². The van der Waals surface area contributed by atoms with E-state index in [4.69, 9.17) is 4.74 Å². The minimum atomic E-state index is -0.190. The Bertz CT molecular complexity index is 803. The minimum absolute atomic E-state index is 0.0198. The molecule has 0 radical (unpaired) electrons. The van der Waals surface area contributed by atoms with Gasteiger partial charge in [0.1, 0.15) is 6.10 Å². The highest BCUT2D eigenvalue weighted by atomic mass is 32.2. The van der Waals surface area contributed by atoms with Crippen LogP contribution in [0.25, 0.3) is 5.69 Å². The molecule has 0 unspecified atom stereocenters. The highest BCUT2D eigenvalue weighted by Gasteiger charge is 2.33. The zero-order valence-electron chi connectivity index (χ0n) is 18.0. The molecule has 3 rings (SSSR count). The summed E-state index contributed by atoms with van der Waals surface area (Å²) in [6.45, 7) is 11.0. The number of hydrogen-bond donors (Lipinski definition) is 0. The summed E-state index contributed by atoms with van der Waals surface area (Å²) in [7, 11) is 0. The van der Waals surface area contributed by atoms with Crippen molar-refractivity contribution >= 4 is 17.7 Å². The fourth-order valence-electron chi connectivity index (χ4n) is 4.01. The Labute approximate surface area is 177 Å². The van der Waals surface area contributed by atoms with Crippen LogP contribution in [0.1, 0.15) is 65.4 Å². The molecule has 1 fully saturated rings. The van der Waals surface area contributed by atoms with Gasteiger partial charge in [0, 0.05) is 0 Å². The largest absolute Gasteiger partial charge is 0.461 e. The van der Waals surface area contributed by atoms with Crippen molar-refractivity contribution in [3.63, 3.8) is 0 Å². The molecule has 158 valence electrons. The molecule has 29 heavy (non-hydrogen) atoms. The van der Waals surface area contributed by atoms with Gasteiger partial charge in [-0.2, -0.15) is 4.68 Å². The lowest BCUT2D eigenvalue weighted by Crippen LogP contribution is -2.36. The van der Waals surface area contributed by atoms with Crippen LogP contribution in [-0.2, 0) is 9.53 Å². The van der Waals surface area contributed by atoms with Crippen molar-refractivity contribution in [2.24, 2.45) is 17.8 Å². The SMILES string of the molecule is CC(C)c1ccc(-n2nnnc2SCC(=O)O[C@@H]2C[C@H](C)CC[C@H]2C(C)C)cc1. The molecule has 3 atom stereocenters. The summed E-state index contributed by atoms with van der Waals surface area (Å²) in [5, 5.41) is 12.5. The molecule has 0 N–H and O–H groups in total. The maximum atomic E-state index is 12.5. The molecule has 1 aromatic heterocycles. The lowest BCUT2D eigenvalue weighted by molar-refractivity contribution is -0.152. The van der Waals surface area contributed by atoms with Gasteiger partial charge >= 0.3 is 5.97 Å². The summed E-state index contributed by atoms with van der Waals surface area (Å²) >= 11 is 1.32. The number of nitrogens with zero attached hydrogens (tertiary/aromatic N) is 4. The number of hydrogen-bond acceptors (Lipinski definition) is 6. The van der Waals surface area contributed by atoms with Crippen molar-refractivity contribution in [3.05, 3.63) is 29.8 Å². The topological polar surface area (TPSA) is 69.9 Å². The van der Waals surface area contributed by atoms with Crippen LogP contribution in [0.5, 0.6) is 0 Å². The first-order valence-corrected chi connectivity index (χ1v) is 11.5. The number of carbonyl (C=O) groups excluding carboxylic acids is 1. The van der Waals surface area contributed by atoms with Crippen LogP contribution in [0.15, 0.2) is 29.4 Å². The van der Waals surface area contributed by atoms with Gasteiger partial charge in [-0.3, -0.25) is 4.79 Å². The Balaban J connectivity index is 1.60. The van der Waals surface area contributed by atoms with Gasteiger partial charge < -0.3 is 4.74 Å². The molecular weight excluding hydrogens is 384 g/mol. The van der Waals surface area contributed by atoms with Gasteiger partial charge in [-0.1, -0.05) is 64.9 Å². The van der Waals surface area contributed by atoms with E-state index < -0.39 is 0 Å². The maximum absolute atomic E-state index is 12.5. The zero-order chi connectivity index (χ0) is 21.0. The van der Waals surface area contributed by atoms with Gasteiger partial charge in [-0.05, 0) is 64.6 Å². The van der Waals surface area contributed by atoms with Crippen LogP contribution in [-0.4, -0.2) is 38.0 Å². The van der Waals surface area contributed by atoms with Crippen molar-refractivity contribution in [2.45, 2.75) is 71.1 Å². The van der Waals surface area contributed by atoms with Gasteiger partial charge in [0.15, 0.2) is 0 Å². The van der Waals surface area contributed by atoms with Crippen LogP contribution in [0.3, 0.4) is 0 Å². The Morgan fingerprint density at radius 3 is 2.59 bits per heavy atom. The summed E-state index contributed by atoms with van der Waals surface area (Å²) in [6, 6.07) is 8.18. The van der Waals surface area contributed by atoms with E-state index in [1.165, 1.54) is 23.7 Å². The van der Waals surface area contributed by atoms with E-state index in [1.54, 1.807) is 4.68 Å². The van der Waals surface area contributed by atoms with E-state index in [0.29, 0.717) is 28.8 Å². The molecule has 0 aliphatic heterocycles. The third-order valence-electron chi connectivity index (χ3n) is 5.81. The summed E-state index contributed by atoms with van der Waals surface area (Å²) < 4.78 is 7.55. The molecule has 0 spiro atoms.